The third-order valence-corrected chi connectivity index (χ3v) is 2.79. The first-order valence-electron chi connectivity index (χ1n) is 5.97. The van der Waals surface area contributed by atoms with Crippen LogP contribution in [0.4, 0.5) is 0 Å². The lowest BCUT2D eigenvalue weighted by molar-refractivity contribution is -0.109. The van der Waals surface area contributed by atoms with Gasteiger partial charge in [-0.25, -0.2) is 0 Å². The number of fused-ring (bicyclic) bond motifs is 1. The van der Waals surface area contributed by atoms with Gasteiger partial charge < -0.3 is 10.1 Å². The summed E-state index contributed by atoms with van der Waals surface area (Å²) in [5.74, 6) is -0.351. The van der Waals surface area contributed by atoms with Crippen LogP contribution in [0.15, 0.2) is 49.2 Å². The number of benzene rings is 1. The Labute approximate surface area is 111 Å². The van der Waals surface area contributed by atoms with Crippen molar-refractivity contribution in [1.82, 2.24) is 10.3 Å². The Balaban J connectivity index is 2.31. The highest BCUT2D eigenvalue weighted by Gasteiger charge is 2.15. The van der Waals surface area contributed by atoms with Crippen molar-refractivity contribution < 1.29 is 9.59 Å². The van der Waals surface area contributed by atoms with Gasteiger partial charge in [0.05, 0.1) is 6.04 Å². The molecule has 1 aromatic heterocycles. The second-order valence-corrected chi connectivity index (χ2v) is 4.12. The fraction of sp³-hybridized carbons (Fsp3) is 0.133. The number of carbonyl (C=O) groups excluding carboxylic acids is 2. The third kappa shape index (κ3) is 2.85. The van der Waals surface area contributed by atoms with Gasteiger partial charge in [-0.15, -0.1) is 6.58 Å². The van der Waals surface area contributed by atoms with E-state index in [0.29, 0.717) is 18.4 Å². The smallest absolute Gasteiger partial charge is 0.271 e. The Morgan fingerprint density at radius 2 is 2.16 bits per heavy atom. The summed E-state index contributed by atoms with van der Waals surface area (Å²) in [5, 5.41) is 4.34. The van der Waals surface area contributed by atoms with Crippen LogP contribution in [0.5, 0.6) is 0 Å². The predicted molar refractivity (Wildman–Crippen MR) is 73.9 cm³/mol. The lowest BCUT2D eigenvalue weighted by Gasteiger charge is -2.11. The van der Waals surface area contributed by atoms with E-state index in [1.54, 1.807) is 12.3 Å². The summed E-state index contributed by atoms with van der Waals surface area (Å²) in [4.78, 5) is 27.1. The van der Waals surface area contributed by atoms with Gasteiger partial charge in [0.15, 0.2) is 0 Å². The van der Waals surface area contributed by atoms with Crippen LogP contribution >= 0.6 is 0 Å². The molecule has 19 heavy (non-hydrogen) atoms. The molecule has 0 radical (unpaired) electrons. The van der Waals surface area contributed by atoms with Crippen molar-refractivity contribution in [2.75, 3.05) is 0 Å². The number of nitrogens with zero attached hydrogens (tertiary/aromatic N) is 1. The van der Waals surface area contributed by atoms with Crippen LogP contribution in [0.2, 0.25) is 0 Å². The maximum atomic E-state index is 12.1. The van der Waals surface area contributed by atoms with Gasteiger partial charge in [-0.05, 0) is 17.9 Å². The van der Waals surface area contributed by atoms with Crippen LogP contribution in [0.1, 0.15) is 16.9 Å². The summed E-state index contributed by atoms with van der Waals surface area (Å²) in [5.41, 5.74) is 0.328. The van der Waals surface area contributed by atoms with Crippen molar-refractivity contribution in [3.8, 4) is 0 Å². The first-order valence-corrected chi connectivity index (χ1v) is 5.97. The number of pyridine rings is 1. The average molecular weight is 254 g/mol. The highest BCUT2D eigenvalue weighted by molar-refractivity contribution is 6.05. The lowest BCUT2D eigenvalue weighted by Crippen LogP contribution is -2.36. The summed E-state index contributed by atoms with van der Waals surface area (Å²) in [6.07, 6.45) is 4.28. The molecular weight excluding hydrogens is 240 g/mol. The number of carbonyl (C=O) groups is 2. The molecule has 0 saturated heterocycles. The van der Waals surface area contributed by atoms with Gasteiger partial charge in [-0.1, -0.05) is 30.3 Å². The molecular formula is C15H14N2O2. The zero-order valence-electron chi connectivity index (χ0n) is 10.4. The topological polar surface area (TPSA) is 59.1 Å². The van der Waals surface area contributed by atoms with Crippen molar-refractivity contribution >= 4 is 23.0 Å². The zero-order chi connectivity index (χ0) is 13.7. The van der Waals surface area contributed by atoms with Gasteiger partial charge in [0, 0.05) is 11.6 Å². The van der Waals surface area contributed by atoms with E-state index >= 15 is 0 Å². The Morgan fingerprint density at radius 1 is 1.37 bits per heavy atom. The second kappa shape index (κ2) is 5.91. The minimum atomic E-state index is -0.564. The van der Waals surface area contributed by atoms with E-state index < -0.39 is 6.04 Å². The maximum absolute atomic E-state index is 12.1. The monoisotopic (exact) mass is 254 g/mol. The Kier molecular flexibility index (Phi) is 4.03. The minimum Gasteiger partial charge on any atom is -0.341 e. The largest absolute Gasteiger partial charge is 0.341 e. The Bertz CT molecular complexity index is 617. The molecule has 1 heterocycles. The molecule has 0 saturated carbocycles. The van der Waals surface area contributed by atoms with E-state index in [2.05, 4.69) is 16.9 Å². The maximum Gasteiger partial charge on any atom is 0.271 e. The SMILES string of the molecule is C=CCC(C=O)NC(=O)c1nccc2ccccc12. The van der Waals surface area contributed by atoms with Gasteiger partial charge in [-0.3, -0.25) is 9.78 Å². The summed E-state index contributed by atoms with van der Waals surface area (Å²) in [6.45, 7) is 3.55. The van der Waals surface area contributed by atoms with Crippen LogP contribution in [0.3, 0.4) is 0 Å². The van der Waals surface area contributed by atoms with Crippen LogP contribution in [0.25, 0.3) is 10.8 Å². The molecule has 0 fully saturated rings. The number of aldehydes is 1. The van der Waals surface area contributed by atoms with E-state index in [4.69, 9.17) is 0 Å². The molecule has 1 unspecified atom stereocenters. The molecule has 4 heteroatoms. The van der Waals surface area contributed by atoms with Crippen molar-refractivity contribution in [3.63, 3.8) is 0 Å². The number of hydrogen-bond acceptors (Lipinski definition) is 3. The molecule has 0 aliphatic rings. The van der Waals surface area contributed by atoms with E-state index in [9.17, 15) is 9.59 Å². The summed E-state index contributed by atoms with van der Waals surface area (Å²) < 4.78 is 0. The number of amides is 1. The second-order valence-electron chi connectivity index (χ2n) is 4.12. The molecule has 1 N–H and O–H groups in total. The third-order valence-electron chi connectivity index (χ3n) is 2.79. The van der Waals surface area contributed by atoms with Gasteiger partial charge in [0.2, 0.25) is 0 Å². The number of aromatic nitrogens is 1. The van der Waals surface area contributed by atoms with Crippen LogP contribution in [-0.4, -0.2) is 23.2 Å². The Hall–Kier alpha value is -2.49. The molecule has 1 aromatic carbocycles. The van der Waals surface area contributed by atoms with E-state index in [-0.39, 0.29) is 5.91 Å². The number of rotatable bonds is 5. The van der Waals surface area contributed by atoms with Gasteiger partial charge >= 0.3 is 0 Å². The molecule has 2 aromatic rings. The molecule has 0 spiro atoms. The number of nitrogens with one attached hydrogen (secondary N) is 1. The van der Waals surface area contributed by atoms with Crippen LogP contribution in [-0.2, 0) is 4.79 Å². The predicted octanol–water partition coefficient (Wildman–Crippen LogP) is 2.11. The molecule has 0 aliphatic carbocycles. The standard InChI is InChI=1S/C15H14N2O2/c1-2-5-12(10-18)17-15(19)14-13-7-4-3-6-11(13)8-9-16-14/h2-4,6-10,12H,1,5H2,(H,17,19). The quantitative estimate of drug-likeness (QED) is 0.656. The summed E-state index contributed by atoms with van der Waals surface area (Å²) in [6, 6.07) is 8.77. The molecule has 1 atom stereocenters. The van der Waals surface area contributed by atoms with E-state index in [1.165, 1.54) is 0 Å². The molecule has 2 rings (SSSR count). The van der Waals surface area contributed by atoms with Gasteiger partial charge in [0.25, 0.3) is 5.91 Å². The zero-order valence-corrected chi connectivity index (χ0v) is 10.4. The van der Waals surface area contributed by atoms with Crippen LogP contribution in [0, 0.1) is 0 Å². The van der Waals surface area contributed by atoms with E-state index in [1.807, 2.05) is 30.3 Å². The summed E-state index contributed by atoms with van der Waals surface area (Å²) in [7, 11) is 0. The normalized spacial score (nSPS) is 11.8. The van der Waals surface area contributed by atoms with E-state index in [0.717, 1.165) is 10.8 Å². The average Bonchev–Trinajstić information content (AvgIpc) is 2.46. The Morgan fingerprint density at radius 3 is 2.89 bits per heavy atom. The minimum absolute atomic E-state index is 0.328. The van der Waals surface area contributed by atoms with Crippen LogP contribution < -0.4 is 5.32 Å². The lowest BCUT2D eigenvalue weighted by atomic mass is 10.1. The molecule has 1 amide bonds. The first-order chi connectivity index (χ1) is 9.26. The number of hydrogen-bond donors (Lipinski definition) is 1. The van der Waals surface area contributed by atoms with Crippen molar-refractivity contribution in [2.45, 2.75) is 12.5 Å². The first kappa shape index (κ1) is 13.0. The highest BCUT2D eigenvalue weighted by Crippen LogP contribution is 2.16. The molecule has 0 bridgehead atoms. The van der Waals surface area contributed by atoms with Crippen molar-refractivity contribution in [1.29, 1.82) is 0 Å². The van der Waals surface area contributed by atoms with Crippen molar-refractivity contribution in [3.05, 3.63) is 54.9 Å². The van der Waals surface area contributed by atoms with Gasteiger partial charge in [0.1, 0.15) is 12.0 Å². The molecule has 0 aliphatic heterocycles. The highest BCUT2D eigenvalue weighted by atomic mass is 16.2. The fourth-order valence-electron chi connectivity index (χ4n) is 1.87. The summed E-state index contributed by atoms with van der Waals surface area (Å²) >= 11 is 0. The fourth-order valence-corrected chi connectivity index (χ4v) is 1.87. The molecule has 96 valence electrons. The van der Waals surface area contributed by atoms with Crippen molar-refractivity contribution in [2.24, 2.45) is 0 Å². The molecule has 4 nitrogen and oxygen atoms in total. The van der Waals surface area contributed by atoms with Gasteiger partial charge in [-0.2, -0.15) is 0 Å².